The first-order chi connectivity index (χ1) is 10.2. The van der Waals surface area contributed by atoms with Crippen LogP contribution in [0.2, 0.25) is 0 Å². The minimum atomic E-state index is 0. The van der Waals surface area contributed by atoms with Crippen molar-refractivity contribution < 1.29 is 17.1 Å². The standard InChI is InChI=1S/C17H15N3S.ClH/c18-16-12-15(11-13-7-3-1-4-8-13)20(19-17(16)21)14-9-5-2-6-10-14;/h1-10,12,18H,11H2,(H,19,21);1H. The summed E-state index contributed by atoms with van der Waals surface area (Å²) in [4.78, 5) is 0. The lowest BCUT2D eigenvalue weighted by Gasteiger charge is -2.04. The number of hydrogen-bond acceptors (Lipinski definition) is 2. The molecule has 0 amide bonds. The molecule has 0 saturated heterocycles. The average molecular weight is 330 g/mol. The third kappa shape index (κ3) is 3.53. The van der Waals surface area contributed by atoms with Gasteiger partial charge in [-0.05, 0) is 5.56 Å². The summed E-state index contributed by atoms with van der Waals surface area (Å²) in [7, 11) is 0. The lowest BCUT2D eigenvalue weighted by Crippen LogP contribution is -3.00. The van der Waals surface area contributed by atoms with Crippen LogP contribution in [0.4, 0.5) is 5.69 Å². The SMILES string of the molecule is Nc1cc(Cc2ccccc2)[n+](-c2ccccc2)[nH]c1=S.[Cl-]. The first-order valence-corrected chi connectivity index (χ1v) is 7.18. The summed E-state index contributed by atoms with van der Waals surface area (Å²) < 4.78 is 2.54. The maximum Gasteiger partial charge on any atom is 0.235 e. The number of rotatable bonds is 3. The van der Waals surface area contributed by atoms with Crippen molar-refractivity contribution in [1.29, 1.82) is 0 Å². The molecule has 5 heteroatoms. The van der Waals surface area contributed by atoms with E-state index in [0.717, 1.165) is 17.8 Å². The summed E-state index contributed by atoms with van der Waals surface area (Å²) in [5, 5.41) is 3.19. The molecule has 0 aliphatic carbocycles. The number of H-pyrrole nitrogens is 1. The van der Waals surface area contributed by atoms with Crippen LogP contribution in [0.25, 0.3) is 5.69 Å². The molecule has 3 nitrogen and oxygen atoms in total. The van der Waals surface area contributed by atoms with Crippen LogP contribution in [0, 0.1) is 4.64 Å². The van der Waals surface area contributed by atoms with Gasteiger partial charge in [0.1, 0.15) is 0 Å². The number of nitrogens with two attached hydrogens (primary N) is 1. The molecule has 0 atom stereocenters. The molecule has 1 aromatic heterocycles. The van der Waals surface area contributed by atoms with Crippen molar-refractivity contribution in [3.63, 3.8) is 0 Å². The number of aromatic amines is 1. The van der Waals surface area contributed by atoms with E-state index in [2.05, 4.69) is 17.2 Å². The molecule has 0 saturated carbocycles. The summed E-state index contributed by atoms with van der Waals surface area (Å²) in [6.07, 6.45) is 0.784. The van der Waals surface area contributed by atoms with Crippen molar-refractivity contribution in [2.75, 3.05) is 5.73 Å². The van der Waals surface area contributed by atoms with E-state index in [1.807, 2.05) is 59.3 Å². The number of nitrogens with zero attached hydrogens (tertiary/aromatic N) is 1. The Morgan fingerprint density at radius 3 is 2.18 bits per heavy atom. The number of para-hydroxylation sites is 1. The van der Waals surface area contributed by atoms with Crippen LogP contribution < -0.4 is 22.8 Å². The van der Waals surface area contributed by atoms with Crippen LogP contribution in [-0.2, 0) is 6.42 Å². The second-order valence-electron chi connectivity index (χ2n) is 4.87. The number of hydrogen-bond donors (Lipinski definition) is 2. The predicted molar refractivity (Wildman–Crippen MR) is 86.8 cm³/mol. The normalized spacial score (nSPS) is 10.0. The van der Waals surface area contributed by atoms with Gasteiger partial charge in [-0.3, -0.25) is 0 Å². The van der Waals surface area contributed by atoms with E-state index < -0.39 is 0 Å². The minimum Gasteiger partial charge on any atom is -1.00 e. The van der Waals surface area contributed by atoms with Crippen molar-refractivity contribution in [2.45, 2.75) is 6.42 Å². The van der Waals surface area contributed by atoms with Crippen molar-refractivity contribution in [1.82, 2.24) is 5.10 Å². The highest BCUT2D eigenvalue weighted by Crippen LogP contribution is 2.11. The highest BCUT2D eigenvalue weighted by Gasteiger charge is 2.16. The van der Waals surface area contributed by atoms with Gasteiger partial charge in [0.2, 0.25) is 11.4 Å². The largest absolute Gasteiger partial charge is 1.00 e. The summed E-state index contributed by atoms with van der Waals surface area (Å²) in [6, 6.07) is 22.3. The number of nitrogen functional groups attached to an aromatic ring is 1. The first-order valence-electron chi connectivity index (χ1n) is 6.77. The Morgan fingerprint density at radius 2 is 1.55 bits per heavy atom. The van der Waals surface area contributed by atoms with Gasteiger partial charge in [-0.25, -0.2) is 0 Å². The average Bonchev–Trinajstić information content (AvgIpc) is 2.52. The molecule has 3 rings (SSSR count). The predicted octanol–water partition coefficient (Wildman–Crippen LogP) is 0.198. The van der Waals surface area contributed by atoms with Gasteiger partial charge in [-0.2, -0.15) is 0 Å². The maximum absolute atomic E-state index is 5.97. The molecular weight excluding hydrogens is 314 g/mol. The topological polar surface area (TPSA) is 45.7 Å². The van der Waals surface area contributed by atoms with Crippen molar-refractivity contribution in [3.8, 4) is 5.69 Å². The molecule has 0 aliphatic rings. The number of nitrogens with one attached hydrogen (secondary N) is 1. The van der Waals surface area contributed by atoms with E-state index in [1.165, 1.54) is 5.56 Å². The smallest absolute Gasteiger partial charge is 0.235 e. The summed E-state index contributed by atoms with van der Waals surface area (Å²) in [6.45, 7) is 0. The molecule has 0 bridgehead atoms. The molecule has 0 fully saturated rings. The maximum atomic E-state index is 5.97. The second-order valence-corrected chi connectivity index (χ2v) is 5.27. The summed E-state index contributed by atoms with van der Waals surface area (Å²) in [5.74, 6) is 0. The van der Waals surface area contributed by atoms with Crippen LogP contribution in [0.15, 0.2) is 66.7 Å². The minimum absolute atomic E-state index is 0. The highest BCUT2D eigenvalue weighted by molar-refractivity contribution is 7.71. The summed E-state index contributed by atoms with van der Waals surface area (Å²) >= 11 is 5.26. The second kappa shape index (κ2) is 7.20. The van der Waals surface area contributed by atoms with E-state index in [9.17, 15) is 0 Å². The Balaban J connectivity index is 0.00000176. The zero-order chi connectivity index (χ0) is 14.7. The molecule has 0 radical (unpaired) electrons. The van der Waals surface area contributed by atoms with Crippen LogP contribution >= 0.6 is 12.2 Å². The fourth-order valence-corrected chi connectivity index (χ4v) is 2.44. The molecule has 0 spiro atoms. The molecule has 2 aromatic carbocycles. The molecule has 3 aromatic rings. The Hall–Kier alpha value is -2.17. The van der Waals surface area contributed by atoms with Crippen molar-refractivity contribution in [2.24, 2.45) is 0 Å². The number of aromatic nitrogens is 2. The zero-order valence-corrected chi connectivity index (χ0v) is 13.4. The van der Waals surface area contributed by atoms with Gasteiger partial charge in [-0.1, -0.05) is 65.4 Å². The molecule has 3 N–H and O–H groups in total. The molecule has 1 heterocycles. The lowest BCUT2D eigenvalue weighted by molar-refractivity contribution is -0.667. The fraction of sp³-hybridized carbons (Fsp3) is 0.0588. The van der Waals surface area contributed by atoms with Gasteiger partial charge in [0.05, 0.1) is 12.1 Å². The van der Waals surface area contributed by atoms with Gasteiger partial charge >= 0.3 is 0 Å². The number of anilines is 1. The Bertz CT molecular complexity index is 801. The van der Waals surface area contributed by atoms with E-state index in [0.29, 0.717) is 10.3 Å². The Labute approximate surface area is 140 Å². The monoisotopic (exact) mass is 329 g/mol. The number of benzene rings is 2. The molecule has 0 unspecified atom stereocenters. The van der Waals surface area contributed by atoms with Gasteiger partial charge in [0.15, 0.2) is 4.64 Å². The summed E-state index contributed by atoms with van der Waals surface area (Å²) in [5.41, 5.74) is 9.91. The Kier molecular flexibility index (Phi) is 5.31. The van der Waals surface area contributed by atoms with E-state index in [4.69, 9.17) is 18.0 Å². The molecule has 112 valence electrons. The fourth-order valence-electron chi connectivity index (χ4n) is 2.29. The van der Waals surface area contributed by atoms with Crippen LogP contribution in [-0.4, -0.2) is 5.10 Å². The Morgan fingerprint density at radius 1 is 0.955 bits per heavy atom. The van der Waals surface area contributed by atoms with Crippen LogP contribution in [0.1, 0.15) is 11.3 Å². The zero-order valence-electron chi connectivity index (χ0n) is 11.9. The van der Waals surface area contributed by atoms with E-state index in [1.54, 1.807) is 0 Å². The van der Waals surface area contributed by atoms with Crippen LogP contribution in [0.3, 0.4) is 0 Å². The first kappa shape index (κ1) is 16.2. The molecule has 0 aliphatic heterocycles. The van der Waals surface area contributed by atoms with Gasteiger partial charge < -0.3 is 18.1 Å². The number of halogens is 1. The van der Waals surface area contributed by atoms with E-state index in [-0.39, 0.29) is 12.4 Å². The van der Waals surface area contributed by atoms with Crippen molar-refractivity contribution in [3.05, 3.63) is 82.6 Å². The lowest BCUT2D eigenvalue weighted by atomic mass is 10.1. The quantitative estimate of drug-likeness (QED) is 0.532. The third-order valence-corrected chi connectivity index (χ3v) is 3.65. The van der Waals surface area contributed by atoms with Crippen LogP contribution in [0.5, 0.6) is 0 Å². The highest BCUT2D eigenvalue weighted by atomic mass is 35.5. The van der Waals surface area contributed by atoms with Gasteiger partial charge in [0.25, 0.3) is 0 Å². The van der Waals surface area contributed by atoms with Gasteiger partial charge in [-0.15, -0.1) is 5.10 Å². The van der Waals surface area contributed by atoms with E-state index >= 15 is 0 Å². The third-order valence-electron chi connectivity index (χ3n) is 3.33. The molecular formula is C17H16ClN3S. The van der Waals surface area contributed by atoms with Crippen molar-refractivity contribution >= 4 is 17.9 Å². The molecule has 22 heavy (non-hydrogen) atoms. The van der Waals surface area contributed by atoms with Gasteiger partial charge in [0, 0.05) is 18.2 Å².